The topological polar surface area (TPSA) is 38.3 Å². The lowest BCUT2D eigenvalue weighted by molar-refractivity contribution is -0.122. The smallest absolute Gasteiger partial charge is 0.231 e. The van der Waals surface area contributed by atoms with Gasteiger partial charge in [0.25, 0.3) is 0 Å². The molecule has 0 aliphatic carbocycles. The Bertz CT molecular complexity index is 453. The zero-order valence-corrected chi connectivity index (χ0v) is 13.4. The summed E-state index contributed by atoms with van der Waals surface area (Å²) < 4.78 is 6.53. The number of carbonyl (C=O) groups excluding carboxylic acids is 1. The predicted octanol–water partition coefficient (Wildman–Crippen LogP) is 3.18. The van der Waals surface area contributed by atoms with Gasteiger partial charge in [0, 0.05) is 16.6 Å². The van der Waals surface area contributed by atoms with Crippen molar-refractivity contribution in [2.24, 2.45) is 0 Å². The van der Waals surface area contributed by atoms with Crippen LogP contribution in [0.3, 0.4) is 0 Å². The molecule has 1 unspecified atom stereocenters. The van der Waals surface area contributed by atoms with E-state index in [0.717, 1.165) is 40.9 Å². The van der Waals surface area contributed by atoms with E-state index in [4.69, 9.17) is 4.74 Å². The Morgan fingerprint density at radius 1 is 1.53 bits per heavy atom. The lowest BCUT2D eigenvalue weighted by Crippen LogP contribution is -2.31. The monoisotopic (exact) mass is 343 g/mol. The highest BCUT2D eigenvalue weighted by molar-refractivity contribution is 9.10. The predicted molar refractivity (Wildman–Crippen MR) is 83.0 cm³/mol. The standard InChI is InChI=1S/C14H18BrNO2S/c1-19-7-3-2-6-16-14(17)12-9-18-13-5-4-10(15)8-11(12)13/h4-5,8,12H,2-3,6-7,9H2,1H3,(H,16,17). The number of carbonyl (C=O) groups is 1. The Hall–Kier alpha value is -0.680. The summed E-state index contributed by atoms with van der Waals surface area (Å²) in [6, 6.07) is 5.81. The van der Waals surface area contributed by atoms with Gasteiger partial charge in [-0.2, -0.15) is 11.8 Å². The third-order valence-electron chi connectivity index (χ3n) is 3.14. The lowest BCUT2D eigenvalue weighted by Gasteiger charge is -2.10. The van der Waals surface area contributed by atoms with Gasteiger partial charge >= 0.3 is 0 Å². The number of ether oxygens (including phenoxy) is 1. The molecule has 1 N–H and O–H groups in total. The van der Waals surface area contributed by atoms with Crippen LogP contribution in [0, 0.1) is 0 Å². The van der Waals surface area contributed by atoms with Crippen LogP contribution < -0.4 is 10.1 Å². The van der Waals surface area contributed by atoms with Crippen molar-refractivity contribution < 1.29 is 9.53 Å². The number of hydrogen-bond acceptors (Lipinski definition) is 3. The first-order chi connectivity index (χ1) is 9.22. The number of hydrogen-bond donors (Lipinski definition) is 1. The Kier molecular flexibility index (Phi) is 5.58. The largest absolute Gasteiger partial charge is 0.492 e. The molecule has 0 bridgehead atoms. The molecular formula is C14H18BrNO2S. The van der Waals surface area contributed by atoms with Gasteiger partial charge in [0.1, 0.15) is 18.3 Å². The second-order valence-electron chi connectivity index (χ2n) is 4.54. The average molecular weight is 344 g/mol. The molecule has 104 valence electrons. The van der Waals surface area contributed by atoms with E-state index < -0.39 is 0 Å². The third-order valence-corrected chi connectivity index (χ3v) is 4.33. The fourth-order valence-corrected chi connectivity index (χ4v) is 2.98. The van der Waals surface area contributed by atoms with Crippen LogP contribution in [-0.2, 0) is 4.79 Å². The summed E-state index contributed by atoms with van der Waals surface area (Å²) in [4.78, 5) is 12.1. The summed E-state index contributed by atoms with van der Waals surface area (Å²) in [5, 5.41) is 3.00. The molecule has 2 rings (SSSR count). The van der Waals surface area contributed by atoms with Gasteiger partial charge in [-0.1, -0.05) is 15.9 Å². The van der Waals surface area contributed by atoms with E-state index in [2.05, 4.69) is 27.5 Å². The minimum atomic E-state index is -0.173. The maximum absolute atomic E-state index is 12.1. The number of thioether (sulfide) groups is 1. The number of unbranched alkanes of at least 4 members (excludes halogenated alkanes) is 1. The van der Waals surface area contributed by atoms with Crippen molar-refractivity contribution in [3.8, 4) is 5.75 Å². The molecule has 0 aromatic heterocycles. The van der Waals surface area contributed by atoms with Crippen molar-refractivity contribution in [1.29, 1.82) is 0 Å². The van der Waals surface area contributed by atoms with E-state index in [-0.39, 0.29) is 11.8 Å². The van der Waals surface area contributed by atoms with Crippen LogP contribution in [0.2, 0.25) is 0 Å². The van der Waals surface area contributed by atoms with Crippen LogP contribution in [0.5, 0.6) is 5.75 Å². The van der Waals surface area contributed by atoms with Gasteiger partial charge in [0.2, 0.25) is 5.91 Å². The highest BCUT2D eigenvalue weighted by Crippen LogP contribution is 2.35. The summed E-state index contributed by atoms with van der Waals surface area (Å²) >= 11 is 5.27. The summed E-state index contributed by atoms with van der Waals surface area (Å²) in [5.74, 6) is 1.87. The van der Waals surface area contributed by atoms with Gasteiger partial charge in [-0.3, -0.25) is 4.79 Å². The third kappa shape index (κ3) is 3.89. The van der Waals surface area contributed by atoms with E-state index >= 15 is 0 Å². The van der Waals surface area contributed by atoms with Gasteiger partial charge in [-0.05, 0) is 43.0 Å². The SMILES string of the molecule is CSCCCCNC(=O)C1COc2ccc(Br)cc21. The molecule has 0 radical (unpaired) electrons. The van der Waals surface area contributed by atoms with Crippen molar-refractivity contribution in [3.05, 3.63) is 28.2 Å². The molecule has 0 saturated carbocycles. The molecule has 1 aromatic rings. The fraction of sp³-hybridized carbons (Fsp3) is 0.500. The van der Waals surface area contributed by atoms with Crippen molar-refractivity contribution in [3.63, 3.8) is 0 Å². The average Bonchev–Trinajstić information content (AvgIpc) is 2.81. The van der Waals surface area contributed by atoms with Gasteiger partial charge in [-0.25, -0.2) is 0 Å². The maximum Gasteiger partial charge on any atom is 0.231 e. The molecule has 5 heteroatoms. The van der Waals surface area contributed by atoms with Gasteiger partial charge in [0.05, 0.1) is 0 Å². The second kappa shape index (κ2) is 7.20. The molecular weight excluding hydrogens is 326 g/mol. The second-order valence-corrected chi connectivity index (χ2v) is 6.44. The van der Waals surface area contributed by atoms with Crippen molar-refractivity contribution in [1.82, 2.24) is 5.32 Å². The van der Waals surface area contributed by atoms with Gasteiger partial charge < -0.3 is 10.1 Å². The van der Waals surface area contributed by atoms with E-state index in [1.165, 1.54) is 0 Å². The summed E-state index contributed by atoms with van der Waals surface area (Å²) in [5.41, 5.74) is 0.982. The van der Waals surface area contributed by atoms with E-state index in [9.17, 15) is 4.79 Å². The van der Waals surface area contributed by atoms with Crippen LogP contribution in [0.1, 0.15) is 24.3 Å². The maximum atomic E-state index is 12.1. The first-order valence-corrected chi connectivity index (χ1v) is 8.60. The minimum Gasteiger partial charge on any atom is -0.492 e. The highest BCUT2D eigenvalue weighted by atomic mass is 79.9. The van der Waals surface area contributed by atoms with Gasteiger partial charge in [-0.15, -0.1) is 0 Å². The molecule has 0 saturated heterocycles. The molecule has 1 heterocycles. The van der Waals surface area contributed by atoms with Crippen LogP contribution in [-0.4, -0.2) is 31.1 Å². The van der Waals surface area contributed by atoms with Crippen molar-refractivity contribution >= 4 is 33.6 Å². The number of amides is 1. The van der Waals surface area contributed by atoms with Crippen LogP contribution in [0.25, 0.3) is 0 Å². The first kappa shape index (κ1) is 14.7. The van der Waals surface area contributed by atoms with Crippen molar-refractivity contribution in [2.75, 3.05) is 25.2 Å². The molecule has 1 aromatic carbocycles. The quantitative estimate of drug-likeness (QED) is 0.806. The first-order valence-electron chi connectivity index (χ1n) is 6.41. The Balaban J connectivity index is 1.87. The Morgan fingerprint density at radius 2 is 2.37 bits per heavy atom. The van der Waals surface area contributed by atoms with E-state index in [0.29, 0.717) is 6.61 Å². The fourth-order valence-electron chi connectivity index (χ4n) is 2.11. The number of fused-ring (bicyclic) bond motifs is 1. The minimum absolute atomic E-state index is 0.0704. The van der Waals surface area contributed by atoms with E-state index in [1.807, 2.05) is 30.0 Å². The van der Waals surface area contributed by atoms with Gasteiger partial charge in [0.15, 0.2) is 0 Å². The van der Waals surface area contributed by atoms with Crippen LogP contribution >= 0.6 is 27.7 Å². The van der Waals surface area contributed by atoms with Crippen LogP contribution in [0.15, 0.2) is 22.7 Å². The molecule has 19 heavy (non-hydrogen) atoms. The number of benzene rings is 1. The highest BCUT2D eigenvalue weighted by Gasteiger charge is 2.30. The summed E-state index contributed by atoms with van der Waals surface area (Å²) in [6.45, 7) is 1.20. The molecule has 1 amide bonds. The zero-order valence-electron chi connectivity index (χ0n) is 10.9. The van der Waals surface area contributed by atoms with Crippen LogP contribution in [0.4, 0.5) is 0 Å². The zero-order chi connectivity index (χ0) is 13.7. The summed E-state index contributed by atoms with van der Waals surface area (Å²) in [7, 11) is 0. The summed E-state index contributed by atoms with van der Waals surface area (Å²) in [6.07, 6.45) is 4.28. The lowest BCUT2D eigenvalue weighted by atomic mass is 10.0. The molecule has 3 nitrogen and oxygen atoms in total. The van der Waals surface area contributed by atoms with E-state index in [1.54, 1.807) is 0 Å². The Morgan fingerprint density at radius 3 is 3.16 bits per heavy atom. The molecule has 1 aliphatic rings. The van der Waals surface area contributed by atoms with Crippen molar-refractivity contribution in [2.45, 2.75) is 18.8 Å². The molecule has 0 fully saturated rings. The molecule has 0 spiro atoms. The number of rotatable bonds is 6. The molecule has 1 aliphatic heterocycles. The number of halogens is 1. The molecule has 1 atom stereocenters. The normalized spacial score (nSPS) is 16.8. The Labute approximate surface area is 126 Å². The number of nitrogens with one attached hydrogen (secondary N) is 1.